The van der Waals surface area contributed by atoms with Crippen molar-refractivity contribution in [2.75, 3.05) is 19.7 Å². The van der Waals surface area contributed by atoms with Crippen LogP contribution < -0.4 is 34.4 Å². The minimum absolute atomic E-state index is 0.133. The van der Waals surface area contributed by atoms with Crippen molar-refractivity contribution >= 4 is 0 Å². The minimum Gasteiger partial charge on any atom is -0.394 e. The van der Waals surface area contributed by atoms with E-state index in [4.69, 9.17) is 62.8 Å². The zero-order valence-electron chi connectivity index (χ0n) is 22.2. The molecule has 0 aromatic carbocycles. The van der Waals surface area contributed by atoms with Gasteiger partial charge in [-0.1, -0.05) is 0 Å². The molecule has 0 amide bonds. The molecule has 3 heterocycles. The highest BCUT2D eigenvalue weighted by atomic mass is 16.8. The van der Waals surface area contributed by atoms with Crippen LogP contribution in [0.25, 0.3) is 0 Å². The van der Waals surface area contributed by atoms with E-state index in [0.717, 1.165) is 0 Å². The molecule has 0 aromatic heterocycles. The molecule has 4 rings (SSSR count). The summed E-state index contributed by atoms with van der Waals surface area (Å²) < 4.78 is 35.2. The van der Waals surface area contributed by atoms with Crippen LogP contribution in [-0.4, -0.2) is 149 Å². The molecule has 0 radical (unpaired) electrons. The Labute approximate surface area is 231 Å². The van der Waals surface area contributed by atoms with Gasteiger partial charge in [0.15, 0.2) is 18.9 Å². The molecule has 4 aliphatic rings. The van der Waals surface area contributed by atoms with Gasteiger partial charge in [0.2, 0.25) is 0 Å². The van der Waals surface area contributed by atoms with E-state index in [9.17, 15) is 25.5 Å². The second-order valence-electron chi connectivity index (χ2n) is 11.0. The summed E-state index contributed by atoms with van der Waals surface area (Å²) in [5.74, 6) is 0. The molecule has 234 valence electrons. The predicted octanol–water partition coefficient (Wildman–Crippen LogP) is -6.84. The quantitative estimate of drug-likeness (QED) is 0.120. The van der Waals surface area contributed by atoms with E-state index in [1.165, 1.54) is 0 Å². The van der Waals surface area contributed by atoms with Crippen LogP contribution in [0.2, 0.25) is 0 Å². The Kier molecular flexibility index (Phi) is 11.1. The molecule has 17 heteroatoms. The van der Waals surface area contributed by atoms with Crippen molar-refractivity contribution in [3.8, 4) is 0 Å². The number of nitrogens with two attached hydrogens (primary N) is 6. The van der Waals surface area contributed by atoms with Gasteiger partial charge in [0.05, 0.1) is 30.9 Å². The molecule has 0 bridgehead atoms. The molecule has 1 aliphatic carbocycles. The monoisotopic (exact) mass is 582 g/mol. The minimum atomic E-state index is -1.52. The van der Waals surface area contributed by atoms with Gasteiger partial charge < -0.3 is 88.4 Å². The fraction of sp³-hybridized carbons (Fsp3) is 1.00. The van der Waals surface area contributed by atoms with Crippen molar-refractivity contribution in [3.63, 3.8) is 0 Å². The largest absolute Gasteiger partial charge is 0.394 e. The maximum Gasteiger partial charge on any atom is 0.187 e. The highest BCUT2D eigenvalue weighted by Gasteiger charge is 2.53. The number of hydrogen-bond donors (Lipinski definition) is 11. The standard InChI is InChI=1S/C23H46N6O11/c24-4-7-1-2-8(26)21(35-7)38-18-10(28)3-9(27)14(31)20(18)40-23-17(34)19(12(6-30)37-23)39-22-13(29)16(33)15(32)11(5-25)36-22/h7-23,30-34H,1-6,24-29H2. The number of aliphatic hydroxyl groups is 5. The maximum absolute atomic E-state index is 11.1. The van der Waals surface area contributed by atoms with Crippen LogP contribution in [0.15, 0.2) is 0 Å². The van der Waals surface area contributed by atoms with Crippen LogP contribution >= 0.6 is 0 Å². The summed E-state index contributed by atoms with van der Waals surface area (Å²) in [4.78, 5) is 0. The highest BCUT2D eigenvalue weighted by molar-refractivity contribution is 5.01. The zero-order chi connectivity index (χ0) is 29.3. The summed E-state index contributed by atoms with van der Waals surface area (Å²) in [7, 11) is 0. The molecule has 1 saturated carbocycles. The van der Waals surface area contributed by atoms with Crippen molar-refractivity contribution in [2.24, 2.45) is 34.4 Å². The molecule has 17 atom stereocenters. The molecular weight excluding hydrogens is 536 g/mol. The molecule has 3 aliphatic heterocycles. The summed E-state index contributed by atoms with van der Waals surface area (Å²) in [6, 6.07) is -3.13. The Morgan fingerprint density at radius 1 is 0.600 bits per heavy atom. The number of rotatable bonds is 9. The number of aliphatic hydroxyl groups excluding tert-OH is 5. The van der Waals surface area contributed by atoms with Crippen LogP contribution in [0.5, 0.6) is 0 Å². The van der Waals surface area contributed by atoms with E-state index in [0.29, 0.717) is 12.8 Å². The first-order valence-electron chi connectivity index (χ1n) is 13.7. The summed E-state index contributed by atoms with van der Waals surface area (Å²) in [6.07, 6.45) is -13.4. The average molecular weight is 583 g/mol. The molecule has 0 spiro atoms. The number of hydrogen-bond acceptors (Lipinski definition) is 17. The van der Waals surface area contributed by atoms with Gasteiger partial charge in [-0.3, -0.25) is 0 Å². The normalized spacial score (nSPS) is 52.1. The first-order valence-corrected chi connectivity index (χ1v) is 13.7. The third kappa shape index (κ3) is 6.61. The number of ether oxygens (including phenoxy) is 6. The molecule has 17 nitrogen and oxygen atoms in total. The molecule has 3 saturated heterocycles. The summed E-state index contributed by atoms with van der Waals surface area (Å²) in [5, 5.41) is 52.4. The Bertz CT molecular complexity index is 806. The first-order chi connectivity index (χ1) is 19.0. The Morgan fingerprint density at radius 3 is 1.90 bits per heavy atom. The van der Waals surface area contributed by atoms with Gasteiger partial charge in [0, 0.05) is 25.2 Å². The molecule has 0 aromatic rings. The lowest BCUT2D eigenvalue weighted by Gasteiger charge is -2.45. The topological polar surface area (TPSA) is 313 Å². The Hall–Kier alpha value is -0.680. The third-order valence-corrected chi connectivity index (χ3v) is 8.15. The van der Waals surface area contributed by atoms with Gasteiger partial charge >= 0.3 is 0 Å². The van der Waals surface area contributed by atoms with Gasteiger partial charge in [-0.05, 0) is 19.3 Å². The van der Waals surface area contributed by atoms with Gasteiger partial charge in [0.25, 0.3) is 0 Å². The van der Waals surface area contributed by atoms with E-state index in [1.807, 2.05) is 0 Å². The van der Waals surface area contributed by atoms with E-state index >= 15 is 0 Å². The summed E-state index contributed by atoms with van der Waals surface area (Å²) >= 11 is 0. The van der Waals surface area contributed by atoms with Gasteiger partial charge in [-0.15, -0.1) is 0 Å². The second-order valence-corrected chi connectivity index (χ2v) is 11.0. The van der Waals surface area contributed by atoms with E-state index in [2.05, 4.69) is 0 Å². The lowest BCUT2D eigenvalue weighted by Crippen LogP contribution is -2.65. The van der Waals surface area contributed by atoms with E-state index in [-0.39, 0.29) is 25.6 Å². The zero-order valence-corrected chi connectivity index (χ0v) is 22.2. The predicted molar refractivity (Wildman–Crippen MR) is 136 cm³/mol. The van der Waals surface area contributed by atoms with Crippen molar-refractivity contribution in [1.29, 1.82) is 0 Å². The fourth-order valence-electron chi connectivity index (χ4n) is 5.65. The second kappa shape index (κ2) is 13.7. The van der Waals surface area contributed by atoms with Crippen molar-refractivity contribution < 1.29 is 54.0 Å². The molecule has 4 fully saturated rings. The average Bonchev–Trinajstić information content (AvgIpc) is 3.23. The van der Waals surface area contributed by atoms with Crippen LogP contribution in [0.4, 0.5) is 0 Å². The fourth-order valence-corrected chi connectivity index (χ4v) is 5.65. The van der Waals surface area contributed by atoms with Crippen molar-refractivity contribution in [2.45, 2.75) is 123 Å². The molecule has 40 heavy (non-hydrogen) atoms. The van der Waals surface area contributed by atoms with Crippen molar-refractivity contribution in [1.82, 2.24) is 0 Å². The van der Waals surface area contributed by atoms with E-state index in [1.54, 1.807) is 0 Å². The van der Waals surface area contributed by atoms with E-state index < -0.39 is 105 Å². The maximum atomic E-state index is 11.1. The lowest BCUT2D eigenvalue weighted by atomic mass is 9.84. The van der Waals surface area contributed by atoms with Gasteiger partial charge in [0.1, 0.15) is 48.8 Å². The van der Waals surface area contributed by atoms with Crippen LogP contribution in [-0.2, 0) is 28.4 Å². The Balaban J connectivity index is 1.48. The molecule has 17 unspecified atom stereocenters. The molecule has 17 N–H and O–H groups in total. The van der Waals surface area contributed by atoms with Crippen molar-refractivity contribution in [3.05, 3.63) is 0 Å². The SMILES string of the molecule is NCC1CCC(N)C(OC2C(N)CC(N)C(O)C2OC2OC(CO)C(OC3OC(CN)C(O)C(O)C3N)C2O)O1. The first kappa shape index (κ1) is 32.2. The lowest BCUT2D eigenvalue weighted by molar-refractivity contribution is -0.289. The van der Waals surface area contributed by atoms with Gasteiger partial charge in [-0.25, -0.2) is 0 Å². The smallest absolute Gasteiger partial charge is 0.187 e. The van der Waals surface area contributed by atoms with Gasteiger partial charge in [-0.2, -0.15) is 0 Å². The molecular formula is C23H46N6O11. The van der Waals surface area contributed by atoms with Crippen LogP contribution in [0.3, 0.4) is 0 Å². The third-order valence-electron chi connectivity index (χ3n) is 8.15. The Morgan fingerprint density at radius 2 is 1.25 bits per heavy atom. The van der Waals surface area contributed by atoms with Crippen LogP contribution in [0.1, 0.15) is 19.3 Å². The highest BCUT2D eigenvalue weighted by Crippen LogP contribution is 2.34. The summed E-state index contributed by atoms with van der Waals surface area (Å²) in [6.45, 7) is -0.447. The summed E-state index contributed by atoms with van der Waals surface area (Å²) in [5.41, 5.74) is 36.0. The van der Waals surface area contributed by atoms with Crippen LogP contribution in [0, 0.1) is 0 Å².